The van der Waals surface area contributed by atoms with Crippen LogP contribution >= 0.6 is 0 Å². The Labute approximate surface area is 159 Å². The van der Waals surface area contributed by atoms with Gasteiger partial charge in [-0.1, -0.05) is 12.1 Å². The molecule has 2 aliphatic rings. The Bertz CT molecular complexity index is 922. The van der Waals surface area contributed by atoms with Gasteiger partial charge in [-0.25, -0.2) is 5.10 Å². The van der Waals surface area contributed by atoms with Gasteiger partial charge in [-0.3, -0.25) is 4.79 Å². The highest BCUT2D eigenvalue weighted by molar-refractivity contribution is 5.64. The van der Waals surface area contributed by atoms with Crippen LogP contribution in [0.25, 0.3) is 0 Å². The number of hydrogen-bond donors (Lipinski definition) is 1. The lowest BCUT2D eigenvalue weighted by Crippen LogP contribution is -2.30. The molecule has 0 radical (unpaired) electrons. The van der Waals surface area contributed by atoms with E-state index in [2.05, 4.69) is 10.00 Å². The smallest absolute Gasteiger partial charge is 0.376 e. The van der Waals surface area contributed by atoms with Crippen molar-refractivity contribution in [3.63, 3.8) is 0 Å². The standard InChI is InChI=1S/C19H21F3N4O2/c1-25(10-13-5-3-7-28-13)15-6-2-4-12-9-26(11-14(12)15)16-8-23-24-18(27)17(16)19(20,21)22/h2,4,6,8,13H,3,5,7,9-11H2,1H3,(H,24,27)/t13-/m0/s1. The van der Waals surface area contributed by atoms with Crippen LogP contribution in [0.5, 0.6) is 0 Å². The third-order valence-corrected chi connectivity index (χ3v) is 5.33. The molecule has 1 fully saturated rings. The highest BCUT2D eigenvalue weighted by Crippen LogP contribution is 2.39. The first kappa shape index (κ1) is 18.8. The van der Waals surface area contributed by atoms with Gasteiger partial charge in [-0.05, 0) is 30.0 Å². The van der Waals surface area contributed by atoms with E-state index in [9.17, 15) is 18.0 Å². The minimum Gasteiger partial charge on any atom is -0.376 e. The van der Waals surface area contributed by atoms with Crippen LogP contribution < -0.4 is 15.4 Å². The Hall–Kier alpha value is -2.55. The van der Waals surface area contributed by atoms with Crippen molar-refractivity contribution in [3.05, 3.63) is 51.4 Å². The van der Waals surface area contributed by atoms with Crippen molar-refractivity contribution < 1.29 is 17.9 Å². The van der Waals surface area contributed by atoms with Gasteiger partial charge < -0.3 is 14.5 Å². The molecule has 0 bridgehead atoms. The van der Waals surface area contributed by atoms with E-state index >= 15 is 0 Å². The summed E-state index contributed by atoms with van der Waals surface area (Å²) < 4.78 is 46.0. The van der Waals surface area contributed by atoms with Gasteiger partial charge in [0.25, 0.3) is 5.56 Å². The van der Waals surface area contributed by atoms with Gasteiger partial charge in [0.1, 0.15) is 5.56 Å². The van der Waals surface area contributed by atoms with Crippen LogP contribution in [-0.2, 0) is 24.0 Å². The van der Waals surface area contributed by atoms with Gasteiger partial charge in [0.15, 0.2) is 0 Å². The van der Waals surface area contributed by atoms with Crippen LogP contribution in [-0.4, -0.2) is 36.5 Å². The number of aromatic amines is 1. The Balaban J connectivity index is 1.63. The molecule has 2 aliphatic heterocycles. The van der Waals surface area contributed by atoms with E-state index in [1.165, 1.54) is 0 Å². The first-order chi connectivity index (χ1) is 13.3. The van der Waals surface area contributed by atoms with Gasteiger partial charge in [-0.15, -0.1) is 0 Å². The maximum Gasteiger partial charge on any atom is 0.423 e. The predicted molar refractivity (Wildman–Crippen MR) is 98.4 cm³/mol. The van der Waals surface area contributed by atoms with Crippen molar-refractivity contribution in [2.75, 3.05) is 30.0 Å². The summed E-state index contributed by atoms with van der Waals surface area (Å²) >= 11 is 0. The number of fused-ring (bicyclic) bond motifs is 1. The van der Waals surface area contributed by atoms with Crippen LogP contribution in [0, 0.1) is 0 Å². The number of benzene rings is 1. The van der Waals surface area contributed by atoms with Crippen molar-refractivity contribution in [3.8, 4) is 0 Å². The molecule has 1 N–H and O–H groups in total. The van der Waals surface area contributed by atoms with E-state index in [1.807, 2.05) is 30.3 Å². The Morgan fingerprint density at radius 2 is 2.18 bits per heavy atom. The number of alkyl halides is 3. The lowest BCUT2D eigenvalue weighted by Gasteiger charge is -2.25. The molecule has 0 saturated carbocycles. The van der Waals surface area contributed by atoms with Crippen molar-refractivity contribution in [1.82, 2.24) is 10.2 Å². The van der Waals surface area contributed by atoms with Crippen LogP contribution in [0.4, 0.5) is 24.5 Å². The second-order valence-corrected chi connectivity index (χ2v) is 7.24. The molecule has 1 saturated heterocycles. The van der Waals surface area contributed by atoms with E-state index < -0.39 is 17.3 Å². The molecule has 0 aliphatic carbocycles. The topological polar surface area (TPSA) is 61.5 Å². The van der Waals surface area contributed by atoms with E-state index in [-0.39, 0.29) is 18.3 Å². The van der Waals surface area contributed by atoms with Crippen LogP contribution in [0.15, 0.2) is 29.2 Å². The Morgan fingerprint density at radius 1 is 1.36 bits per heavy atom. The maximum atomic E-state index is 13.4. The highest BCUT2D eigenvalue weighted by atomic mass is 19.4. The molecule has 0 unspecified atom stereocenters. The number of halogens is 3. The average molecular weight is 394 g/mol. The Kier molecular flexibility index (Phi) is 4.78. The first-order valence-corrected chi connectivity index (χ1v) is 9.18. The number of likely N-dealkylation sites (N-methyl/N-ethyl adjacent to an activating group) is 1. The number of rotatable bonds is 4. The molecule has 150 valence electrons. The van der Waals surface area contributed by atoms with Crippen LogP contribution in [0.1, 0.15) is 29.5 Å². The lowest BCUT2D eigenvalue weighted by molar-refractivity contribution is -0.138. The van der Waals surface area contributed by atoms with Gasteiger partial charge in [0.2, 0.25) is 0 Å². The summed E-state index contributed by atoms with van der Waals surface area (Å²) in [6.45, 7) is 2.09. The molecule has 2 aromatic rings. The fraction of sp³-hybridized carbons (Fsp3) is 0.474. The molecule has 6 nitrogen and oxygen atoms in total. The fourth-order valence-electron chi connectivity index (χ4n) is 4.03. The van der Waals surface area contributed by atoms with E-state index in [0.29, 0.717) is 6.54 Å². The summed E-state index contributed by atoms with van der Waals surface area (Å²) in [4.78, 5) is 15.4. The number of hydrogen-bond acceptors (Lipinski definition) is 5. The predicted octanol–water partition coefficient (Wildman–Crippen LogP) is 2.92. The zero-order valence-electron chi connectivity index (χ0n) is 15.4. The molecular weight excluding hydrogens is 373 g/mol. The minimum absolute atomic E-state index is 0.173. The van der Waals surface area contributed by atoms with Crippen molar-refractivity contribution in [2.45, 2.75) is 38.2 Å². The lowest BCUT2D eigenvalue weighted by atomic mass is 10.1. The van der Waals surface area contributed by atoms with Crippen LogP contribution in [0.2, 0.25) is 0 Å². The van der Waals surface area contributed by atoms with Gasteiger partial charge in [0.05, 0.1) is 18.0 Å². The molecular formula is C19H21F3N4O2. The molecule has 0 spiro atoms. The average Bonchev–Trinajstić information content (AvgIpc) is 3.29. The number of nitrogens with one attached hydrogen (secondary N) is 1. The van der Waals surface area contributed by atoms with Crippen molar-refractivity contribution >= 4 is 11.4 Å². The third-order valence-electron chi connectivity index (χ3n) is 5.33. The third kappa shape index (κ3) is 3.46. The van der Waals surface area contributed by atoms with Crippen molar-refractivity contribution in [2.24, 2.45) is 0 Å². The zero-order chi connectivity index (χ0) is 19.9. The summed E-state index contributed by atoms with van der Waals surface area (Å²) in [7, 11) is 1.97. The molecule has 3 heterocycles. The van der Waals surface area contributed by atoms with Gasteiger partial charge in [0, 0.05) is 39.0 Å². The highest BCUT2D eigenvalue weighted by Gasteiger charge is 2.40. The maximum absolute atomic E-state index is 13.4. The minimum atomic E-state index is -4.75. The largest absolute Gasteiger partial charge is 0.423 e. The SMILES string of the molecule is CN(C[C@@H]1CCCO1)c1cccc2c1CN(c1cn[nH]c(=O)c1C(F)(F)F)C2. The zero-order valence-corrected chi connectivity index (χ0v) is 15.4. The quantitative estimate of drug-likeness (QED) is 0.864. The fourth-order valence-corrected chi connectivity index (χ4v) is 4.03. The monoisotopic (exact) mass is 394 g/mol. The molecule has 28 heavy (non-hydrogen) atoms. The number of nitrogens with zero attached hydrogens (tertiary/aromatic N) is 3. The summed E-state index contributed by atoms with van der Waals surface area (Å²) in [5, 5.41) is 5.47. The molecule has 1 aromatic heterocycles. The number of anilines is 2. The van der Waals surface area contributed by atoms with E-state index in [1.54, 1.807) is 4.90 Å². The summed E-state index contributed by atoms with van der Waals surface area (Å²) in [5.41, 5.74) is 0.268. The first-order valence-electron chi connectivity index (χ1n) is 9.18. The summed E-state index contributed by atoms with van der Waals surface area (Å²) in [6, 6.07) is 5.79. The van der Waals surface area contributed by atoms with Crippen molar-refractivity contribution in [1.29, 1.82) is 0 Å². The van der Waals surface area contributed by atoms with E-state index in [0.717, 1.165) is 49.0 Å². The molecule has 1 atom stereocenters. The summed E-state index contributed by atoms with van der Waals surface area (Å²) in [6.07, 6.45) is -1.44. The second kappa shape index (κ2) is 7.12. The Morgan fingerprint density at radius 3 is 2.89 bits per heavy atom. The van der Waals surface area contributed by atoms with Gasteiger partial charge in [-0.2, -0.15) is 18.3 Å². The normalized spacial score (nSPS) is 19.1. The second-order valence-electron chi connectivity index (χ2n) is 7.24. The van der Waals surface area contributed by atoms with Crippen LogP contribution in [0.3, 0.4) is 0 Å². The molecule has 0 amide bonds. The number of ether oxygens (including phenoxy) is 1. The van der Waals surface area contributed by atoms with E-state index in [4.69, 9.17) is 4.74 Å². The molecule has 4 rings (SSSR count). The molecule has 1 aromatic carbocycles. The van der Waals surface area contributed by atoms with Gasteiger partial charge >= 0.3 is 6.18 Å². The number of H-pyrrole nitrogens is 1. The molecule has 9 heteroatoms. The number of aromatic nitrogens is 2. The summed E-state index contributed by atoms with van der Waals surface area (Å²) in [5.74, 6) is 0.